The second kappa shape index (κ2) is 4.50. The maximum Gasteiger partial charge on any atom is 0.418 e. The molecular weight excluding hydrogens is 249 g/mol. The van der Waals surface area contributed by atoms with Crippen molar-refractivity contribution in [2.75, 3.05) is 0 Å². The highest BCUT2D eigenvalue weighted by atomic mass is 19.1. The molecule has 0 bridgehead atoms. The van der Waals surface area contributed by atoms with E-state index in [2.05, 4.69) is 0 Å². The number of carbonyl (C=O) groups excluding carboxylic acids is 2. The fraction of sp³-hybridized carbons (Fsp3) is 0.286. The van der Waals surface area contributed by atoms with Gasteiger partial charge in [0.25, 0.3) is 0 Å². The molecule has 0 unspecified atom stereocenters. The largest absolute Gasteiger partial charge is 0.443 e. The van der Waals surface area contributed by atoms with Gasteiger partial charge < -0.3 is 4.74 Å². The third-order valence-corrected chi connectivity index (χ3v) is 2.49. The topological polar surface area (TPSA) is 48.3 Å². The summed E-state index contributed by atoms with van der Waals surface area (Å²) in [5.41, 5.74) is -0.637. The lowest BCUT2D eigenvalue weighted by Crippen LogP contribution is -2.26. The van der Waals surface area contributed by atoms with Crippen LogP contribution in [-0.4, -0.2) is 22.5 Å². The predicted molar refractivity (Wildman–Crippen MR) is 68.9 cm³/mol. The van der Waals surface area contributed by atoms with Gasteiger partial charge in [-0.15, -0.1) is 0 Å². The van der Waals surface area contributed by atoms with Crippen molar-refractivity contribution >= 4 is 23.2 Å². The third-order valence-electron chi connectivity index (χ3n) is 2.49. The SMILES string of the molecule is CC(C)(C)OC(=O)n1cc2cc(F)c(C=O)cc2c1. The molecule has 19 heavy (non-hydrogen) atoms. The Hall–Kier alpha value is -2.17. The molecule has 5 heteroatoms. The first-order valence-corrected chi connectivity index (χ1v) is 5.80. The van der Waals surface area contributed by atoms with Crippen molar-refractivity contribution < 1.29 is 18.7 Å². The van der Waals surface area contributed by atoms with Crippen LogP contribution in [0.25, 0.3) is 10.8 Å². The molecule has 0 atom stereocenters. The number of nitrogens with zero attached hydrogens (tertiary/aromatic N) is 1. The van der Waals surface area contributed by atoms with E-state index in [1.807, 2.05) is 0 Å². The number of hydrogen-bond donors (Lipinski definition) is 0. The summed E-state index contributed by atoms with van der Waals surface area (Å²) in [6.07, 6.45) is 2.88. The third kappa shape index (κ3) is 2.81. The molecule has 0 N–H and O–H groups in total. The zero-order valence-corrected chi connectivity index (χ0v) is 10.9. The smallest absolute Gasteiger partial charge is 0.418 e. The average molecular weight is 263 g/mol. The van der Waals surface area contributed by atoms with Crippen molar-refractivity contribution in [3.63, 3.8) is 0 Å². The quantitative estimate of drug-likeness (QED) is 0.741. The minimum Gasteiger partial charge on any atom is -0.443 e. The number of ether oxygens (including phenoxy) is 1. The molecule has 0 saturated carbocycles. The fourth-order valence-electron chi connectivity index (χ4n) is 1.69. The number of aldehydes is 1. The fourth-order valence-corrected chi connectivity index (χ4v) is 1.69. The van der Waals surface area contributed by atoms with E-state index in [0.29, 0.717) is 17.1 Å². The van der Waals surface area contributed by atoms with Gasteiger partial charge >= 0.3 is 6.09 Å². The molecule has 0 radical (unpaired) electrons. The molecule has 4 nitrogen and oxygen atoms in total. The van der Waals surface area contributed by atoms with Crippen LogP contribution in [0.3, 0.4) is 0 Å². The Bertz CT molecular complexity index is 652. The van der Waals surface area contributed by atoms with Crippen LogP contribution in [0.2, 0.25) is 0 Å². The number of hydrogen-bond acceptors (Lipinski definition) is 3. The number of aromatic nitrogens is 1. The number of carbonyl (C=O) groups is 2. The van der Waals surface area contributed by atoms with Gasteiger partial charge in [-0.2, -0.15) is 0 Å². The summed E-state index contributed by atoms with van der Waals surface area (Å²) in [4.78, 5) is 22.5. The molecule has 1 heterocycles. The monoisotopic (exact) mass is 263 g/mol. The van der Waals surface area contributed by atoms with Crippen LogP contribution in [0.1, 0.15) is 31.1 Å². The maximum atomic E-state index is 13.4. The van der Waals surface area contributed by atoms with Gasteiger partial charge in [-0.3, -0.25) is 9.36 Å². The Labute approximate surface area is 109 Å². The first-order chi connectivity index (χ1) is 8.80. The molecule has 2 aromatic rings. The minimum absolute atomic E-state index is 0.0329. The van der Waals surface area contributed by atoms with E-state index in [1.54, 1.807) is 20.8 Å². The van der Waals surface area contributed by atoms with Gasteiger partial charge in [-0.25, -0.2) is 9.18 Å². The lowest BCUT2D eigenvalue weighted by Gasteiger charge is -2.19. The van der Waals surface area contributed by atoms with Crippen molar-refractivity contribution in [1.29, 1.82) is 0 Å². The first kappa shape index (κ1) is 13.3. The summed E-state index contributed by atoms with van der Waals surface area (Å²) in [5, 5.41) is 1.14. The summed E-state index contributed by atoms with van der Waals surface area (Å²) >= 11 is 0. The summed E-state index contributed by atoms with van der Waals surface area (Å²) < 4.78 is 19.9. The molecule has 0 amide bonds. The van der Waals surface area contributed by atoms with Crippen LogP contribution < -0.4 is 0 Å². The van der Waals surface area contributed by atoms with Gasteiger partial charge in [0, 0.05) is 23.2 Å². The van der Waals surface area contributed by atoms with Crippen LogP contribution in [0, 0.1) is 5.82 Å². The lowest BCUT2D eigenvalue weighted by molar-refractivity contribution is 0.0537. The van der Waals surface area contributed by atoms with E-state index in [-0.39, 0.29) is 5.56 Å². The first-order valence-electron chi connectivity index (χ1n) is 5.80. The summed E-state index contributed by atoms with van der Waals surface area (Å²) in [6, 6.07) is 2.62. The van der Waals surface area contributed by atoms with Gasteiger partial charge in [0.05, 0.1) is 5.56 Å². The minimum atomic E-state index is -0.607. The predicted octanol–water partition coefficient (Wildman–Crippen LogP) is 3.38. The normalized spacial score (nSPS) is 11.6. The molecule has 100 valence electrons. The van der Waals surface area contributed by atoms with Crippen molar-refractivity contribution in [1.82, 2.24) is 4.57 Å². The van der Waals surface area contributed by atoms with Gasteiger partial charge in [0.1, 0.15) is 11.4 Å². The Morgan fingerprint density at radius 2 is 1.84 bits per heavy atom. The lowest BCUT2D eigenvalue weighted by atomic mass is 10.1. The molecule has 2 rings (SSSR count). The molecule has 1 aromatic carbocycles. The van der Waals surface area contributed by atoms with Crippen LogP contribution in [-0.2, 0) is 4.74 Å². The van der Waals surface area contributed by atoms with Gasteiger partial charge in [0.15, 0.2) is 6.29 Å². The van der Waals surface area contributed by atoms with Crippen LogP contribution in [0.15, 0.2) is 24.5 Å². The molecular formula is C14H14FNO3. The standard InChI is InChI=1S/C14H14FNO3/c1-14(2,3)19-13(18)16-6-9-4-11(8-17)12(15)5-10(9)7-16/h4-8H,1-3H3. The van der Waals surface area contributed by atoms with Gasteiger partial charge in [-0.1, -0.05) is 0 Å². The molecule has 0 saturated heterocycles. The van der Waals surface area contributed by atoms with Crippen LogP contribution in [0.4, 0.5) is 9.18 Å². The number of benzene rings is 1. The van der Waals surface area contributed by atoms with Crippen molar-refractivity contribution in [3.05, 3.63) is 35.9 Å². The van der Waals surface area contributed by atoms with E-state index >= 15 is 0 Å². The number of fused-ring (bicyclic) bond motifs is 1. The van der Waals surface area contributed by atoms with E-state index in [9.17, 15) is 14.0 Å². The van der Waals surface area contributed by atoms with Crippen molar-refractivity contribution in [2.45, 2.75) is 26.4 Å². The molecule has 0 aliphatic rings. The van der Waals surface area contributed by atoms with Gasteiger partial charge in [0.2, 0.25) is 0 Å². The number of rotatable bonds is 1. The molecule has 0 fully saturated rings. The molecule has 1 aromatic heterocycles. The number of halogens is 1. The van der Waals surface area contributed by atoms with E-state index in [0.717, 1.165) is 0 Å². The Balaban J connectivity index is 2.42. The molecule has 0 aliphatic carbocycles. The van der Waals surface area contributed by atoms with E-state index in [4.69, 9.17) is 4.74 Å². The molecule has 0 aliphatic heterocycles. The van der Waals surface area contributed by atoms with Gasteiger partial charge in [-0.05, 0) is 32.9 Å². The zero-order chi connectivity index (χ0) is 14.2. The van der Waals surface area contributed by atoms with Crippen LogP contribution in [0.5, 0.6) is 0 Å². The Kier molecular flexibility index (Phi) is 3.14. The highest BCUT2D eigenvalue weighted by Gasteiger charge is 2.18. The Morgan fingerprint density at radius 1 is 1.26 bits per heavy atom. The van der Waals surface area contributed by atoms with Crippen LogP contribution >= 0.6 is 0 Å². The average Bonchev–Trinajstić information content (AvgIpc) is 2.68. The van der Waals surface area contributed by atoms with Crippen molar-refractivity contribution in [3.8, 4) is 0 Å². The highest BCUT2D eigenvalue weighted by molar-refractivity contribution is 5.91. The second-order valence-electron chi connectivity index (χ2n) is 5.27. The van der Waals surface area contributed by atoms with Crippen molar-refractivity contribution in [2.24, 2.45) is 0 Å². The zero-order valence-electron chi connectivity index (χ0n) is 10.9. The van der Waals surface area contributed by atoms with E-state index in [1.165, 1.54) is 29.1 Å². The summed E-state index contributed by atoms with van der Waals surface area (Å²) in [6.45, 7) is 5.29. The van der Waals surface area contributed by atoms with E-state index < -0.39 is 17.5 Å². The Morgan fingerprint density at radius 3 is 2.37 bits per heavy atom. The highest BCUT2D eigenvalue weighted by Crippen LogP contribution is 2.20. The molecule has 0 spiro atoms. The second-order valence-corrected chi connectivity index (χ2v) is 5.27. The maximum absolute atomic E-state index is 13.4. The summed E-state index contributed by atoms with van der Waals surface area (Å²) in [7, 11) is 0. The summed E-state index contributed by atoms with van der Waals surface area (Å²) in [5.74, 6) is -0.607.